The van der Waals surface area contributed by atoms with Gasteiger partial charge >= 0.3 is 114 Å². The first-order valence-corrected chi connectivity index (χ1v) is 8.41. The van der Waals surface area contributed by atoms with Crippen molar-refractivity contribution in [3.63, 3.8) is 0 Å². The van der Waals surface area contributed by atoms with Crippen molar-refractivity contribution in [3.8, 4) is 5.75 Å². The monoisotopic (exact) mass is 304 g/mol. The summed E-state index contributed by atoms with van der Waals surface area (Å²) in [5.74, 6) is 1.10. The van der Waals surface area contributed by atoms with E-state index in [9.17, 15) is 0 Å². The third kappa shape index (κ3) is 2.77. The molecule has 2 aromatic carbocycles. The third-order valence-corrected chi connectivity index (χ3v) is 5.58. The number of rotatable bonds is 3. The van der Waals surface area contributed by atoms with Gasteiger partial charge < -0.3 is 0 Å². The van der Waals surface area contributed by atoms with Crippen molar-refractivity contribution in [1.82, 2.24) is 0 Å². The first-order valence-electron chi connectivity index (χ1n) is 6.34. The van der Waals surface area contributed by atoms with E-state index in [1.807, 2.05) is 0 Å². The van der Waals surface area contributed by atoms with Crippen molar-refractivity contribution >= 4 is 19.4 Å². The van der Waals surface area contributed by atoms with Gasteiger partial charge in [-0.05, 0) is 0 Å². The van der Waals surface area contributed by atoms with Gasteiger partial charge in [-0.1, -0.05) is 0 Å². The number of para-hydroxylation sites is 1. The number of hydrogen-bond acceptors (Lipinski definition) is 1. The Balaban J connectivity index is 1.60. The van der Waals surface area contributed by atoms with Crippen LogP contribution in [0.1, 0.15) is 12.0 Å². The maximum atomic E-state index is 6.07. The Bertz CT molecular complexity index is 510. The molecule has 2 aromatic rings. The quantitative estimate of drug-likeness (QED) is 0.792. The van der Waals surface area contributed by atoms with Crippen molar-refractivity contribution in [2.75, 3.05) is 0 Å². The van der Waals surface area contributed by atoms with E-state index < -0.39 is 0 Å². The summed E-state index contributed by atoms with van der Waals surface area (Å²) in [6.07, 6.45) is 2.72. The van der Waals surface area contributed by atoms with Gasteiger partial charge in [0.1, 0.15) is 0 Å². The molecule has 0 spiro atoms. The fraction of sp³-hybridized carbons (Fsp3) is 0.250. The molecule has 0 saturated heterocycles. The summed E-state index contributed by atoms with van der Waals surface area (Å²) in [5.41, 5.74) is 1.36. The number of hydrogen-bond donors (Lipinski definition) is 0. The molecule has 0 amide bonds. The minimum absolute atomic E-state index is 0.403. The standard InChI is InChI=1S/C16H16OSe/c1-2-7-15(8-3-1)18-12-14-11-10-13-6-4-5-9-16(13)17-14/h1-9,14H,10-12H2. The average Bonchev–Trinajstić information content (AvgIpc) is 2.46. The van der Waals surface area contributed by atoms with Gasteiger partial charge in [0, 0.05) is 0 Å². The van der Waals surface area contributed by atoms with Crippen molar-refractivity contribution in [2.24, 2.45) is 0 Å². The Morgan fingerprint density at radius 2 is 1.78 bits per heavy atom. The Labute approximate surface area is 114 Å². The zero-order valence-electron chi connectivity index (χ0n) is 10.2. The molecule has 92 valence electrons. The van der Waals surface area contributed by atoms with Gasteiger partial charge in [-0.2, -0.15) is 0 Å². The summed E-state index contributed by atoms with van der Waals surface area (Å²) in [5, 5.41) is 1.17. The number of ether oxygens (including phenoxy) is 1. The Hall–Kier alpha value is -1.24. The van der Waals surface area contributed by atoms with Crippen LogP contribution < -0.4 is 9.20 Å². The van der Waals surface area contributed by atoms with Gasteiger partial charge in [0.2, 0.25) is 0 Å². The minimum atomic E-state index is 0.403. The van der Waals surface area contributed by atoms with Crippen LogP contribution in [-0.2, 0) is 6.42 Å². The van der Waals surface area contributed by atoms with E-state index in [2.05, 4.69) is 54.6 Å². The second kappa shape index (κ2) is 5.60. The maximum absolute atomic E-state index is 6.07. The van der Waals surface area contributed by atoms with Crippen LogP contribution in [0.2, 0.25) is 5.32 Å². The molecule has 0 fully saturated rings. The fourth-order valence-corrected chi connectivity index (χ4v) is 4.22. The normalized spacial score (nSPS) is 17.9. The molecule has 0 N–H and O–H groups in total. The molecule has 1 nitrogen and oxygen atoms in total. The van der Waals surface area contributed by atoms with E-state index in [-0.39, 0.29) is 0 Å². The Kier molecular flexibility index (Phi) is 3.68. The molecular formula is C16H16OSe. The van der Waals surface area contributed by atoms with E-state index in [0.29, 0.717) is 21.1 Å². The van der Waals surface area contributed by atoms with Crippen LogP contribution in [0.3, 0.4) is 0 Å². The molecule has 1 heterocycles. The van der Waals surface area contributed by atoms with Crippen LogP contribution in [0.4, 0.5) is 0 Å². The molecule has 2 heteroatoms. The van der Waals surface area contributed by atoms with Gasteiger partial charge in [0.05, 0.1) is 0 Å². The van der Waals surface area contributed by atoms with Gasteiger partial charge in [0.15, 0.2) is 0 Å². The summed E-state index contributed by atoms with van der Waals surface area (Å²) in [7, 11) is 0. The van der Waals surface area contributed by atoms with Crippen LogP contribution >= 0.6 is 0 Å². The third-order valence-electron chi connectivity index (χ3n) is 3.18. The summed E-state index contributed by atoms with van der Waals surface area (Å²) in [6, 6.07) is 19.2. The average molecular weight is 303 g/mol. The summed E-state index contributed by atoms with van der Waals surface area (Å²) in [4.78, 5) is 0. The van der Waals surface area contributed by atoms with Crippen molar-refractivity contribution in [1.29, 1.82) is 0 Å². The van der Waals surface area contributed by atoms with Crippen LogP contribution in [0.15, 0.2) is 54.6 Å². The molecule has 1 atom stereocenters. The zero-order chi connectivity index (χ0) is 12.2. The van der Waals surface area contributed by atoms with Crippen LogP contribution in [0, 0.1) is 0 Å². The molecule has 18 heavy (non-hydrogen) atoms. The van der Waals surface area contributed by atoms with Gasteiger partial charge in [0.25, 0.3) is 0 Å². The molecule has 0 saturated carbocycles. The van der Waals surface area contributed by atoms with E-state index in [1.165, 1.54) is 15.3 Å². The van der Waals surface area contributed by atoms with Crippen LogP contribution in [0.25, 0.3) is 0 Å². The number of benzene rings is 2. The fourth-order valence-electron chi connectivity index (χ4n) is 2.20. The van der Waals surface area contributed by atoms with E-state index >= 15 is 0 Å². The number of fused-ring (bicyclic) bond motifs is 1. The Morgan fingerprint density at radius 1 is 1.00 bits per heavy atom. The summed E-state index contributed by atoms with van der Waals surface area (Å²) in [6.45, 7) is 0. The SMILES string of the molecule is c1ccc([Se]CC2CCc3ccccc3O2)cc1. The van der Waals surface area contributed by atoms with Crippen molar-refractivity contribution < 1.29 is 4.74 Å². The second-order valence-corrected chi connectivity index (χ2v) is 6.80. The molecule has 0 radical (unpaired) electrons. The molecule has 1 aliphatic heterocycles. The van der Waals surface area contributed by atoms with Gasteiger partial charge in [-0.15, -0.1) is 0 Å². The molecule has 1 unspecified atom stereocenters. The molecule has 0 aromatic heterocycles. The van der Waals surface area contributed by atoms with E-state index in [0.717, 1.165) is 18.6 Å². The second-order valence-electron chi connectivity index (χ2n) is 4.51. The van der Waals surface area contributed by atoms with E-state index in [4.69, 9.17) is 4.74 Å². The first-order chi connectivity index (χ1) is 8.92. The van der Waals surface area contributed by atoms with Crippen LogP contribution in [0.5, 0.6) is 5.75 Å². The Morgan fingerprint density at radius 3 is 2.67 bits per heavy atom. The topological polar surface area (TPSA) is 9.23 Å². The number of aryl methyl sites for hydroxylation is 1. The van der Waals surface area contributed by atoms with E-state index in [1.54, 1.807) is 0 Å². The predicted octanol–water partition coefficient (Wildman–Crippen LogP) is 2.83. The zero-order valence-corrected chi connectivity index (χ0v) is 11.9. The predicted molar refractivity (Wildman–Crippen MR) is 75.8 cm³/mol. The molecule has 1 aliphatic rings. The summed E-state index contributed by atoms with van der Waals surface area (Å²) >= 11 is 0.526. The van der Waals surface area contributed by atoms with Crippen molar-refractivity contribution in [3.05, 3.63) is 60.2 Å². The van der Waals surface area contributed by atoms with Gasteiger partial charge in [-0.3, -0.25) is 0 Å². The molecule has 3 rings (SSSR count). The summed E-state index contributed by atoms with van der Waals surface area (Å²) < 4.78 is 7.53. The molecule has 0 bridgehead atoms. The molecule has 0 aliphatic carbocycles. The van der Waals surface area contributed by atoms with Gasteiger partial charge in [-0.25, -0.2) is 0 Å². The first kappa shape index (κ1) is 11.8. The van der Waals surface area contributed by atoms with Crippen molar-refractivity contribution in [2.45, 2.75) is 24.3 Å². The molecular weight excluding hydrogens is 287 g/mol. The van der Waals surface area contributed by atoms with Crippen LogP contribution in [-0.4, -0.2) is 21.1 Å².